The van der Waals surface area contributed by atoms with Crippen molar-refractivity contribution in [1.29, 1.82) is 5.26 Å². The van der Waals surface area contributed by atoms with E-state index in [-0.39, 0.29) is 6.61 Å². The van der Waals surface area contributed by atoms with Crippen molar-refractivity contribution in [2.24, 2.45) is 0 Å². The van der Waals surface area contributed by atoms with Gasteiger partial charge in [0.2, 0.25) is 0 Å². The van der Waals surface area contributed by atoms with E-state index in [1.54, 1.807) is 36.4 Å². The van der Waals surface area contributed by atoms with Gasteiger partial charge in [0.05, 0.1) is 28.8 Å². The molecule has 2 aromatic carbocycles. The first-order valence-corrected chi connectivity index (χ1v) is 8.14. The number of terminal acetylenes is 1. The Labute approximate surface area is 161 Å². The van der Waals surface area contributed by atoms with Gasteiger partial charge in [-0.2, -0.15) is 5.26 Å². The zero-order chi connectivity index (χ0) is 18.4. The number of allylic oxidation sites excluding steroid dienone is 1. The molecule has 0 saturated heterocycles. The van der Waals surface area contributed by atoms with Gasteiger partial charge in [0, 0.05) is 10.6 Å². The van der Waals surface area contributed by atoms with Gasteiger partial charge in [-0.3, -0.25) is 0 Å². The summed E-state index contributed by atoms with van der Waals surface area (Å²) in [6, 6.07) is 10.4. The lowest BCUT2D eigenvalue weighted by Gasteiger charge is -2.12. The van der Waals surface area contributed by atoms with Crippen LogP contribution < -0.4 is 9.47 Å². The Morgan fingerprint density at radius 2 is 1.96 bits per heavy atom. The van der Waals surface area contributed by atoms with Crippen LogP contribution in [-0.4, -0.2) is 13.7 Å². The first-order valence-electron chi connectivity index (χ1n) is 7.01. The van der Waals surface area contributed by atoms with E-state index in [2.05, 4.69) is 12.0 Å². The van der Waals surface area contributed by atoms with E-state index in [0.29, 0.717) is 43.3 Å². The van der Waals surface area contributed by atoms with Crippen LogP contribution in [0.4, 0.5) is 0 Å². The summed E-state index contributed by atoms with van der Waals surface area (Å²) in [5, 5.41) is 10.7. The summed E-state index contributed by atoms with van der Waals surface area (Å²) in [4.78, 5) is 0. The highest BCUT2D eigenvalue weighted by Crippen LogP contribution is 2.37. The SMILES string of the molecule is C#CCOc1c(Cl)cc(/C=C(\C#N)c2ccc(Cl)cc2Cl)cc1OC. The lowest BCUT2D eigenvalue weighted by molar-refractivity contribution is 0.331. The number of nitriles is 1. The number of hydrogen-bond acceptors (Lipinski definition) is 3. The Bertz CT molecular complexity index is 908. The predicted molar refractivity (Wildman–Crippen MR) is 102 cm³/mol. The van der Waals surface area contributed by atoms with Gasteiger partial charge in [0.25, 0.3) is 0 Å². The lowest BCUT2D eigenvalue weighted by Crippen LogP contribution is -1.98. The van der Waals surface area contributed by atoms with Gasteiger partial charge in [0.1, 0.15) is 6.61 Å². The van der Waals surface area contributed by atoms with Crippen molar-refractivity contribution in [2.45, 2.75) is 0 Å². The van der Waals surface area contributed by atoms with E-state index in [9.17, 15) is 5.26 Å². The maximum absolute atomic E-state index is 9.48. The molecule has 126 valence electrons. The highest BCUT2D eigenvalue weighted by Gasteiger charge is 2.13. The van der Waals surface area contributed by atoms with Crippen LogP contribution in [0.5, 0.6) is 11.5 Å². The molecule has 0 aliphatic heterocycles. The summed E-state index contributed by atoms with van der Waals surface area (Å²) in [5.74, 6) is 3.13. The van der Waals surface area contributed by atoms with Gasteiger partial charge in [-0.1, -0.05) is 46.8 Å². The maximum atomic E-state index is 9.48. The zero-order valence-corrected chi connectivity index (χ0v) is 15.4. The van der Waals surface area contributed by atoms with Crippen molar-refractivity contribution < 1.29 is 9.47 Å². The molecule has 0 bridgehead atoms. The summed E-state index contributed by atoms with van der Waals surface area (Å²) >= 11 is 18.3. The molecule has 0 radical (unpaired) electrons. The van der Waals surface area contributed by atoms with E-state index >= 15 is 0 Å². The molecule has 0 N–H and O–H groups in total. The van der Waals surface area contributed by atoms with Crippen LogP contribution in [0.2, 0.25) is 15.1 Å². The van der Waals surface area contributed by atoms with Gasteiger partial charge >= 0.3 is 0 Å². The number of benzene rings is 2. The Hall–Kier alpha value is -2.30. The maximum Gasteiger partial charge on any atom is 0.181 e. The standard InChI is InChI=1S/C19H12Cl3NO2/c1-3-6-25-19-17(22)8-12(9-18(19)24-2)7-13(11-23)15-5-4-14(20)10-16(15)21/h1,4-5,7-10H,6H2,2H3/b13-7+. The predicted octanol–water partition coefficient (Wildman–Crippen LogP) is 5.73. The largest absolute Gasteiger partial charge is 0.493 e. The molecule has 2 rings (SSSR count). The minimum absolute atomic E-state index is 0.0646. The van der Waals surface area contributed by atoms with Gasteiger partial charge in [-0.05, 0) is 35.9 Å². The van der Waals surface area contributed by atoms with Crippen LogP contribution in [0.25, 0.3) is 11.6 Å². The van der Waals surface area contributed by atoms with Crippen LogP contribution in [0.15, 0.2) is 30.3 Å². The molecule has 25 heavy (non-hydrogen) atoms. The first-order chi connectivity index (χ1) is 12.0. The normalized spacial score (nSPS) is 10.7. The zero-order valence-electron chi connectivity index (χ0n) is 13.1. The monoisotopic (exact) mass is 391 g/mol. The third kappa shape index (κ3) is 4.62. The fourth-order valence-electron chi connectivity index (χ4n) is 2.12. The second kappa shape index (κ2) is 8.70. The molecule has 0 aromatic heterocycles. The molecule has 3 nitrogen and oxygen atoms in total. The third-order valence-electron chi connectivity index (χ3n) is 3.20. The number of halogens is 3. The number of hydrogen-bond donors (Lipinski definition) is 0. The fraction of sp³-hybridized carbons (Fsp3) is 0.105. The highest BCUT2D eigenvalue weighted by molar-refractivity contribution is 6.36. The summed E-state index contributed by atoms with van der Waals surface area (Å²) in [6.45, 7) is 0.0646. The second-order valence-electron chi connectivity index (χ2n) is 4.82. The molecule has 0 atom stereocenters. The number of methoxy groups -OCH3 is 1. The van der Waals surface area contributed by atoms with E-state index in [0.717, 1.165) is 0 Å². The van der Waals surface area contributed by atoms with Crippen molar-refractivity contribution in [3.63, 3.8) is 0 Å². The lowest BCUT2D eigenvalue weighted by atomic mass is 10.0. The topological polar surface area (TPSA) is 42.2 Å². The molecule has 0 spiro atoms. The minimum Gasteiger partial charge on any atom is -0.493 e. The van der Waals surface area contributed by atoms with Crippen molar-refractivity contribution in [2.75, 3.05) is 13.7 Å². The number of rotatable bonds is 5. The van der Waals surface area contributed by atoms with Crippen molar-refractivity contribution in [3.8, 4) is 29.9 Å². The van der Waals surface area contributed by atoms with Gasteiger partial charge in [-0.25, -0.2) is 0 Å². The van der Waals surface area contributed by atoms with Crippen LogP contribution in [0.3, 0.4) is 0 Å². The molecule has 2 aromatic rings. The molecule has 0 aliphatic carbocycles. The fourth-order valence-corrected chi connectivity index (χ4v) is 2.91. The Morgan fingerprint density at radius 1 is 1.20 bits per heavy atom. The molecule has 0 amide bonds. The molecule has 0 heterocycles. The van der Waals surface area contributed by atoms with Crippen molar-refractivity contribution in [1.82, 2.24) is 0 Å². The van der Waals surface area contributed by atoms with Crippen LogP contribution in [0, 0.1) is 23.7 Å². The molecule has 0 unspecified atom stereocenters. The van der Waals surface area contributed by atoms with Crippen molar-refractivity contribution >= 4 is 46.5 Å². The molecular formula is C19H12Cl3NO2. The summed E-state index contributed by atoms with van der Waals surface area (Å²) in [7, 11) is 1.49. The van der Waals surface area contributed by atoms with Crippen LogP contribution >= 0.6 is 34.8 Å². The molecular weight excluding hydrogens is 381 g/mol. The van der Waals surface area contributed by atoms with Gasteiger partial charge < -0.3 is 9.47 Å². The van der Waals surface area contributed by atoms with E-state index in [1.165, 1.54) is 7.11 Å². The van der Waals surface area contributed by atoms with E-state index in [4.69, 9.17) is 50.7 Å². The average molecular weight is 393 g/mol. The number of ether oxygens (including phenoxy) is 2. The Kier molecular flexibility index (Phi) is 6.62. The first kappa shape index (κ1) is 19.0. The number of nitrogens with zero attached hydrogens (tertiary/aromatic N) is 1. The average Bonchev–Trinajstić information content (AvgIpc) is 2.58. The Balaban J connectivity index is 2.50. The molecule has 0 aliphatic rings. The van der Waals surface area contributed by atoms with Crippen LogP contribution in [-0.2, 0) is 0 Å². The highest BCUT2D eigenvalue weighted by atomic mass is 35.5. The summed E-state index contributed by atoms with van der Waals surface area (Å²) < 4.78 is 10.7. The molecule has 0 saturated carbocycles. The molecule has 0 fully saturated rings. The second-order valence-corrected chi connectivity index (χ2v) is 6.07. The summed E-state index contributed by atoms with van der Waals surface area (Å²) in [5.41, 5.74) is 1.57. The Morgan fingerprint density at radius 3 is 2.56 bits per heavy atom. The van der Waals surface area contributed by atoms with E-state index in [1.807, 2.05) is 0 Å². The summed E-state index contributed by atoms with van der Waals surface area (Å²) in [6.07, 6.45) is 6.84. The van der Waals surface area contributed by atoms with Crippen molar-refractivity contribution in [3.05, 3.63) is 56.5 Å². The smallest absolute Gasteiger partial charge is 0.181 e. The molecule has 6 heteroatoms. The van der Waals surface area contributed by atoms with Crippen LogP contribution in [0.1, 0.15) is 11.1 Å². The van der Waals surface area contributed by atoms with Gasteiger partial charge in [-0.15, -0.1) is 6.42 Å². The van der Waals surface area contributed by atoms with Gasteiger partial charge in [0.15, 0.2) is 11.5 Å². The quantitative estimate of drug-likeness (QED) is 0.370. The van der Waals surface area contributed by atoms with E-state index < -0.39 is 0 Å². The minimum atomic E-state index is 0.0646. The third-order valence-corrected chi connectivity index (χ3v) is 4.03.